The largest absolute Gasteiger partial charge is 0.325 e. The molecule has 80 valence electrons. The van der Waals surface area contributed by atoms with Crippen LogP contribution in [0.4, 0.5) is 5.69 Å². The van der Waals surface area contributed by atoms with Gasteiger partial charge in [-0.1, -0.05) is 17.7 Å². The van der Waals surface area contributed by atoms with Crippen LogP contribution in [0, 0.1) is 6.92 Å². The highest BCUT2D eigenvalue weighted by atomic mass is 35.5. The van der Waals surface area contributed by atoms with Crippen LogP contribution in [-0.2, 0) is 4.79 Å². The number of hydrogen-bond donors (Lipinski definition) is 1. The Balaban J connectivity index is 2.60. The molecular formula is C11H13ClN2O. The zero-order valence-corrected chi connectivity index (χ0v) is 9.34. The maximum atomic E-state index is 11.3. The highest BCUT2D eigenvalue weighted by Crippen LogP contribution is 2.16. The molecule has 0 spiro atoms. The number of pyridine rings is 1. The lowest BCUT2D eigenvalue weighted by Gasteiger charge is -2.05. The zero-order valence-electron chi connectivity index (χ0n) is 8.59. The highest BCUT2D eigenvalue weighted by Gasteiger charge is 2.03. The Morgan fingerprint density at radius 3 is 3.07 bits per heavy atom. The molecule has 1 amide bonds. The molecule has 0 radical (unpaired) electrons. The molecule has 1 N–H and O–H groups in total. The van der Waals surface area contributed by atoms with E-state index in [1.807, 2.05) is 6.92 Å². The number of anilines is 1. The van der Waals surface area contributed by atoms with Crippen LogP contribution in [-0.4, -0.2) is 10.9 Å². The van der Waals surface area contributed by atoms with Gasteiger partial charge in [0.15, 0.2) is 0 Å². The number of aromatic nitrogens is 1. The minimum atomic E-state index is -0.0431. The van der Waals surface area contributed by atoms with Gasteiger partial charge in [0.25, 0.3) is 0 Å². The van der Waals surface area contributed by atoms with Gasteiger partial charge in [-0.25, -0.2) is 4.98 Å². The normalized spacial score (nSPS) is 9.73. The van der Waals surface area contributed by atoms with E-state index in [1.54, 1.807) is 18.3 Å². The number of carbonyl (C=O) groups is 1. The molecule has 1 aromatic heterocycles. The third-order valence-electron chi connectivity index (χ3n) is 1.87. The highest BCUT2D eigenvalue weighted by molar-refractivity contribution is 6.30. The van der Waals surface area contributed by atoms with E-state index in [2.05, 4.69) is 16.9 Å². The molecule has 0 fully saturated rings. The molecule has 1 heterocycles. The first-order chi connectivity index (χ1) is 7.13. The van der Waals surface area contributed by atoms with Crippen LogP contribution >= 0.6 is 11.6 Å². The molecule has 0 aliphatic rings. The number of allylic oxidation sites excluding steroid dienone is 1. The summed E-state index contributed by atoms with van der Waals surface area (Å²) in [5, 5.41) is 3.19. The van der Waals surface area contributed by atoms with E-state index in [0.717, 1.165) is 5.56 Å². The summed E-state index contributed by atoms with van der Waals surface area (Å²) < 4.78 is 0. The smallest absolute Gasteiger partial charge is 0.224 e. The summed E-state index contributed by atoms with van der Waals surface area (Å²) in [6.45, 7) is 5.40. The molecule has 0 saturated carbocycles. The number of rotatable bonds is 4. The van der Waals surface area contributed by atoms with Gasteiger partial charge in [-0.3, -0.25) is 4.79 Å². The van der Waals surface area contributed by atoms with Crippen molar-refractivity contribution in [2.24, 2.45) is 0 Å². The van der Waals surface area contributed by atoms with Gasteiger partial charge in [0.2, 0.25) is 5.91 Å². The molecule has 3 nitrogen and oxygen atoms in total. The molecule has 0 bridgehead atoms. The molecule has 0 aliphatic heterocycles. The standard InChI is InChI=1S/C11H13ClN2O/c1-3-4-5-10(15)14-9-6-8(2)11(12)13-7-9/h3,6-7H,1,4-5H2,2H3,(H,14,15). The molecule has 0 aliphatic carbocycles. The molecule has 4 heteroatoms. The van der Waals surface area contributed by atoms with Gasteiger partial charge in [-0.2, -0.15) is 0 Å². The second kappa shape index (κ2) is 5.51. The molecule has 15 heavy (non-hydrogen) atoms. The van der Waals surface area contributed by atoms with Crippen LogP contribution in [0.15, 0.2) is 24.9 Å². The van der Waals surface area contributed by atoms with Crippen molar-refractivity contribution in [1.82, 2.24) is 4.98 Å². The molecular weight excluding hydrogens is 212 g/mol. The van der Waals surface area contributed by atoms with Crippen molar-refractivity contribution >= 4 is 23.2 Å². The fraction of sp³-hybridized carbons (Fsp3) is 0.273. The Bertz CT molecular complexity index is 377. The van der Waals surface area contributed by atoms with Crippen molar-refractivity contribution in [3.63, 3.8) is 0 Å². The number of carbonyl (C=O) groups excluding carboxylic acids is 1. The van der Waals surface area contributed by atoms with E-state index >= 15 is 0 Å². The van der Waals surface area contributed by atoms with Gasteiger partial charge in [0.05, 0.1) is 11.9 Å². The first kappa shape index (κ1) is 11.7. The van der Waals surface area contributed by atoms with Crippen LogP contribution in [0.25, 0.3) is 0 Å². The SMILES string of the molecule is C=CCCC(=O)Nc1cnc(Cl)c(C)c1. The number of amides is 1. The first-order valence-electron chi connectivity index (χ1n) is 4.66. The van der Waals surface area contributed by atoms with Crippen LogP contribution < -0.4 is 5.32 Å². The average Bonchev–Trinajstić information content (AvgIpc) is 2.20. The maximum absolute atomic E-state index is 11.3. The van der Waals surface area contributed by atoms with Gasteiger partial charge in [0.1, 0.15) is 5.15 Å². The van der Waals surface area contributed by atoms with Gasteiger partial charge >= 0.3 is 0 Å². The number of nitrogens with one attached hydrogen (secondary N) is 1. The van der Waals surface area contributed by atoms with Crippen LogP contribution in [0.2, 0.25) is 5.15 Å². The van der Waals surface area contributed by atoms with Crippen molar-refractivity contribution in [1.29, 1.82) is 0 Å². The summed E-state index contributed by atoms with van der Waals surface area (Å²) in [5.41, 5.74) is 1.52. The third kappa shape index (κ3) is 3.72. The van der Waals surface area contributed by atoms with Crippen molar-refractivity contribution in [3.8, 4) is 0 Å². The Morgan fingerprint density at radius 2 is 2.47 bits per heavy atom. The lowest BCUT2D eigenvalue weighted by Crippen LogP contribution is -2.11. The Hall–Kier alpha value is -1.35. The average molecular weight is 225 g/mol. The summed E-state index contributed by atoms with van der Waals surface area (Å²) in [5.74, 6) is -0.0431. The number of halogens is 1. The van der Waals surface area contributed by atoms with E-state index in [9.17, 15) is 4.79 Å². The zero-order chi connectivity index (χ0) is 11.3. The van der Waals surface area contributed by atoms with Crippen LogP contribution in [0.5, 0.6) is 0 Å². The van der Waals surface area contributed by atoms with E-state index in [-0.39, 0.29) is 5.91 Å². The third-order valence-corrected chi connectivity index (χ3v) is 2.27. The van der Waals surface area contributed by atoms with E-state index in [1.165, 1.54) is 0 Å². The minimum absolute atomic E-state index is 0.0431. The monoisotopic (exact) mass is 224 g/mol. The van der Waals surface area contributed by atoms with Gasteiger partial charge < -0.3 is 5.32 Å². The summed E-state index contributed by atoms with van der Waals surface area (Å²) >= 11 is 5.76. The number of aryl methyl sites for hydroxylation is 1. The quantitative estimate of drug-likeness (QED) is 0.631. The van der Waals surface area contributed by atoms with E-state index < -0.39 is 0 Å². The second-order valence-electron chi connectivity index (χ2n) is 3.21. The van der Waals surface area contributed by atoms with Crippen LogP contribution in [0.3, 0.4) is 0 Å². The van der Waals surface area contributed by atoms with Crippen molar-refractivity contribution in [2.45, 2.75) is 19.8 Å². The minimum Gasteiger partial charge on any atom is -0.325 e. The van der Waals surface area contributed by atoms with Crippen molar-refractivity contribution in [2.75, 3.05) is 5.32 Å². The Labute approximate surface area is 94.2 Å². The molecule has 0 unspecified atom stereocenters. The fourth-order valence-corrected chi connectivity index (χ4v) is 1.19. The van der Waals surface area contributed by atoms with Crippen LogP contribution in [0.1, 0.15) is 18.4 Å². The van der Waals surface area contributed by atoms with Crippen molar-refractivity contribution in [3.05, 3.63) is 35.6 Å². The van der Waals surface area contributed by atoms with Gasteiger partial charge in [-0.15, -0.1) is 6.58 Å². The summed E-state index contributed by atoms with van der Waals surface area (Å²) in [7, 11) is 0. The predicted molar refractivity (Wildman–Crippen MR) is 62.0 cm³/mol. The first-order valence-corrected chi connectivity index (χ1v) is 5.04. The van der Waals surface area contributed by atoms with Crippen molar-refractivity contribution < 1.29 is 4.79 Å². The Morgan fingerprint density at radius 1 is 1.73 bits per heavy atom. The maximum Gasteiger partial charge on any atom is 0.224 e. The summed E-state index contributed by atoms with van der Waals surface area (Å²) in [6.07, 6.45) is 4.36. The van der Waals surface area contributed by atoms with E-state index in [0.29, 0.717) is 23.7 Å². The number of nitrogens with zero attached hydrogens (tertiary/aromatic N) is 1. The number of hydrogen-bond acceptors (Lipinski definition) is 2. The fourth-order valence-electron chi connectivity index (χ4n) is 1.08. The lowest BCUT2D eigenvalue weighted by molar-refractivity contribution is -0.116. The molecule has 0 saturated heterocycles. The molecule has 1 aromatic rings. The molecule has 0 aromatic carbocycles. The second-order valence-corrected chi connectivity index (χ2v) is 3.57. The predicted octanol–water partition coefficient (Wildman–Crippen LogP) is 2.95. The van der Waals surface area contributed by atoms with Gasteiger partial charge in [0, 0.05) is 6.42 Å². The topological polar surface area (TPSA) is 42.0 Å². The lowest BCUT2D eigenvalue weighted by atomic mass is 10.2. The Kier molecular flexibility index (Phi) is 4.31. The van der Waals surface area contributed by atoms with Gasteiger partial charge in [-0.05, 0) is 25.0 Å². The molecule has 0 atom stereocenters. The summed E-state index contributed by atoms with van der Waals surface area (Å²) in [6, 6.07) is 1.79. The molecule has 1 rings (SSSR count). The summed E-state index contributed by atoms with van der Waals surface area (Å²) in [4.78, 5) is 15.3. The van der Waals surface area contributed by atoms with E-state index in [4.69, 9.17) is 11.6 Å².